The Kier molecular flexibility index (Phi) is 4.11. The fourth-order valence-corrected chi connectivity index (χ4v) is 3.29. The number of carbonyl (C=O) groups excluding carboxylic acids is 1. The molecule has 0 bridgehead atoms. The number of halogens is 1. The first-order valence-corrected chi connectivity index (χ1v) is 7.83. The van der Waals surface area contributed by atoms with Crippen LogP contribution in [0.15, 0.2) is 24.3 Å². The third-order valence-corrected chi connectivity index (χ3v) is 4.66. The predicted octanol–water partition coefficient (Wildman–Crippen LogP) is 4.36. The number of aromatic nitrogens is 2. The quantitative estimate of drug-likeness (QED) is 0.786. The minimum atomic E-state index is 0.391. The Morgan fingerprint density at radius 3 is 2.57 bits per heavy atom. The molecule has 1 aromatic carbocycles. The highest BCUT2D eigenvalue weighted by atomic mass is 35.5. The molecule has 0 N–H and O–H groups in total. The van der Waals surface area contributed by atoms with E-state index in [1.165, 1.54) is 18.4 Å². The van der Waals surface area contributed by atoms with E-state index in [9.17, 15) is 4.79 Å². The van der Waals surface area contributed by atoms with E-state index in [-0.39, 0.29) is 0 Å². The van der Waals surface area contributed by atoms with Crippen LogP contribution >= 0.6 is 11.6 Å². The maximum absolute atomic E-state index is 11.4. The molecule has 4 heteroatoms. The molecule has 1 aliphatic rings. The lowest BCUT2D eigenvalue weighted by molar-refractivity contribution is 0.112. The van der Waals surface area contributed by atoms with Gasteiger partial charge in [0.1, 0.15) is 5.15 Å². The van der Waals surface area contributed by atoms with Gasteiger partial charge in [0.05, 0.1) is 17.8 Å². The van der Waals surface area contributed by atoms with Gasteiger partial charge in [-0.15, -0.1) is 0 Å². The molecule has 0 unspecified atom stereocenters. The zero-order valence-electron chi connectivity index (χ0n) is 12.2. The van der Waals surface area contributed by atoms with Gasteiger partial charge in [-0.1, -0.05) is 54.3 Å². The van der Waals surface area contributed by atoms with Gasteiger partial charge in [0.2, 0.25) is 0 Å². The molecule has 1 aromatic heterocycles. The van der Waals surface area contributed by atoms with Gasteiger partial charge >= 0.3 is 0 Å². The van der Waals surface area contributed by atoms with Crippen molar-refractivity contribution in [3.05, 3.63) is 51.8 Å². The number of hydrogen-bond acceptors (Lipinski definition) is 2. The summed E-state index contributed by atoms with van der Waals surface area (Å²) in [7, 11) is 0. The Labute approximate surface area is 129 Å². The van der Waals surface area contributed by atoms with Gasteiger partial charge < -0.3 is 0 Å². The maximum Gasteiger partial charge on any atom is 0.155 e. The van der Waals surface area contributed by atoms with Crippen molar-refractivity contribution in [2.45, 2.75) is 45.1 Å². The molecule has 0 spiro atoms. The summed E-state index contributed by atoms with van der Waals surface area (Å²) in [6.45, 7) is 2.67. The normalized spacial score (nSPS) is 15.5. The van der Waals surface area contributed by atoms with Gasteiger partial charge in [0.15, 0.2) is 6.29 Å². The molecule has 0 amide bonds. The van der Waals surface area contributed by atoms with Crippen LogP contribution in [0.2, 0.25) is 5.15 Å². The highest BCUT2D eigenvalue weighted by Gasteiger charge is 2.26. The zero-order chi connectivity index (χ0) is 14.8. The number of aryl methyl sites for hydroxylation is 1. The summed E-state index contributed by atoms with van der Waals surface area (Å²) in [6, 6.07) is 8.29. The Morgan fingerprint density at radius 1 is 1.29 bits per heavy atom. The molecule has 0 saturated heterocycles. The lowest BCUT2D eigenvalue weighted by Gasteiger charge is -2.06. The van der Waals surface area contributed by atoms with Crippen LogP contribution in [0.4, 0.5) is 0 Å². The van der Waals surface area contributed by atoms with E-state index < -0.39 is 0 Å². The summed E-state index contributed by atoms with van der Waals surface area (Å²) >= 11 is 6.36. The maximum atomic E-state index is 11.4. The summed E-state index contributed by atoms with van der Waals surface area (Å²) in [5.41, 5.74) is 3.83. The number of aldehydes is 1. The summed E-state index contributed by atoms with van der Waals surface area (Å²) in [5.74, 6) is 0.391. The fraction of sp³-hybridized carbons (Fsp3) is 0.412. The van der Waals surface area contributed by atoms with E-state index >= 15 is 0 Å². The summed E-state index contributed by atoms with van der Waals surface area (Å²) < 4.78 is 1.75. The second-order valence-corrected chi connectivity index (χ2v) is 6.19. The molecule has 0 atom stereocenters. The first-order valence-electron chi connectivity index (χ1n) is 7.46. The van der Waals surface area contributed by atoms with Gasteiger partial charge in [0.25, 0.3) is 0 Å². The summed E-state index contributed by atoms with van der Waals surface area (Å²) in [6.07, 6.45) is 5.50. The Hall–Kier alpha value is -1.61. The van der Waals surface area contributed by atoms with E-state index in [0.717, 1.165) is 30.4 Å². The van der Waals surface area contributed by atoms with E-state index in [1.807, 2.05) is 0 Å². The Morgan fingerprint density at radius 2 is 1.95 bits per heavy atom. The molecule has 1 saturated carbocycles. The lowest BCUT2D eigenvalue weighted by Crippen LogP contribution is -2.03. The van der Waals surface area contributed by atoms with E-state index in [4.69, 9.17) is 11.6 Å². The van der Waals surface area contributed by atoms with Crippen molar-refractivity contribution >= 4 is 17.9 Å². The van der Waals surface area contributed by atoms with Crippen LogP contribution in [-0.2, 0) is 6.54 Å². The molecular weight excluding hydrogens is 284 g/mol. The van der Waals surface area contributed by atoms with E-state index in [2.05, 4.69) is 36.3 Å². The lowest BCUT2D eigenvalue weighted by atomic mass is 10.0. The first kappa shape index (κ1) is 14.3. The highest BCUT2D eigenvalue weighted by molar-refractivity contribution is 6.32. The third-order valence-electron chi connectivity index (χ3n) is 4.27. The summed E-state index contributed by atoms with van der Waals surface area (Å²) in [5, 5.41) is 5.10. The van der Waals surface area contributed by atoms with Gasteiger partial charge in [-0.25, -0.2) is 4.68 Å². The number of benzene rings is 1. The third kappa shape index (κ3) is 2.88. The molecule has 1 fully saturated rings. The SMILES string of the molecule is Cc1ccc(Cn2nc(C3CCCC3)c(C=O)c2Cl)cc1. The molecule has 3 rings (SSSR count). The van der Waals surface area contributed by atoms with E-state index in [0.29, 0.717) is 23.2 Å². The second-order valence-electron chi connectivity index (χ2n) is 5.83. The monoisotopic (exact) mass is 302 g/mol. The molecular formula is C17H19ClN2O. The molecule has 21 heavy (non-hydrogen) atoms. The van der Waals surface area contributed by atoms with Crippen molar-refractivity contribution in [2.24, 2.45) is 0 Å². The van der Waals surface area contributed by atoms with Crippen LogP contribution in [0.3, 0.4) is 0 Å². The van der Waals surface area contributed by atoms with Crippen molar-refractivity contribution in [3.8, 4) is 0 Å². The van der Waals surface area contributed by atoms with Crippen molar-refractivity contribution < 1.29 is 4.79 Å². The van der Waals surface area contributed by atoms with Crippen molar-refractivity contribution in [1.29, 1.82) is 0 Å². The van der Waals surface area contributed by atoms with E-state index in [1.54, 1.807) is 4.68 Å². The zero-order valence-corrected chi connectivity index (χ0v) is 12.9. The second kappa shape index (κ2) is 6.02. The summed E-state index contributed by atoms with van der Waals surface area (Å²) in [4.78, 5) is 11.4. The van der Waals surface area contributed by atoms with Crippen LogP contribution in [0, 0.1) is 6.92 Å². The number of carbonyl (C=O) groups is 1. The van der Waals surface area contributed by atoms with Crippen LogP contribution in [0.25, 0.3) is 0 Å². The molecule has 3 nitrogen and oxygen atoms in total. The highest BCUT2D eigenvalue weighted by Crippen LogP contribution is 2.36. The molecule has 1 heterocycles. The van der Waals surface area contributed by atoms with Crippen LogP contribution in [0.1, 0.15) is 58.8 Å². The van der Waals surface area contributed by atoms with Gasteiger partial charge in [0, 0.05) is 5.92 Å². The fourth-order valence-electron chi connectivity index (χ4n) is 3.05. The molecule has 0 aliphatic heterocycles. The topological polar surface area (TPSA) is 34.9 Å². The minimum absolute atomic E-state index is 0.391. The first-order chi connectivity index (χ1) is 10.2. The predicted molar refractivity (Wildman–Crippen MR) is 84.1 cm³/mol. The number of nitrogens with zero attached hydrogens (tertiary/aromatic N) is 2. The average Bonchev–Trinajstić information content (AvgIpc) is 3.10. The van der Waals surface area contributed by atoms with Crippen LogP contribution < -0.4 is 0 Å². The van der Waals surface area contributed by atoms with Crippen LogP contribution in [0.5, 0.6) is 0 Å². The number of rotatable bonds is 4. The average molecular weight is 303 g/mol. The Balaban J connectivity index is 1.91. The van der Waals surface area contributed by atoms with Crippen LogP contribution in [-0.4, -0.2) is 16.1 Å². The van der Waals surface area contributed by atoms with Crippen molar-refractivity contribution in [2.75, 3.05) is 0 Å². The van der Waals surface area contributed by atoms with Gasteiger partial charge in [-0.3, -0.25) is 4.79 Å². The molecule has 2 aromatic rings. The standard InChI is InChI=1S/C17H19ClN2O/c1-12-6-8-13(9-7-12)10-20-17(18)15(11-21)16(19-20)14-4-2-3-5-14/h6-9,11,14H,2-5,10H2,1H3. The van der Waals surface area contributed by atoms with Crippen molar-refractivity contribution in [3.63, 3.8) is 0 Å². The largest absolute Gasteiger partial charge is 0.298 e. The van der Waals surface area contributed by atoms with Gasteiger partial charge in [-0.2, -0.15) is 5.10 Å². The van der Waals surface area contributed by atoms with Gasteiger partial charge in [-0.05, 0) is 25.3 Å². The Bertz CT molecular complexity index is 640. The molecule has 110 valence electrons. The molecule has 0 radical (unpaired) electrons. The number of hydrogen-bond donors (Lipinski definition) is 0. The molecule has 1 aliphatic carbocycles. The van der Waals surface area contributed by atoms with Crippen molar-refractivity contribution in [1.82, 2.24) is 9.78 Å². The minimum Gasteiger partial charge on any atom is -0.298 e. The smallest absolute Gasteiger partial charge is 0.155 e.